The van der Waals surface area contributed by atoms with E-state index in [9.17, 15) is 13.6 Å². The Kier molecular flexibility index (Phi) is 7.00. The largest absolute Gasteiger partial charge is 0.493 e. The molecule has 1 aliphatic rings. The molecule has 2 heterocycles. The number of nitrogens with one attached hydrogen (secondary N) is 2. The van der Waals surface area contributed by atoms with E-state index in [2.05, 4.69) is 15.7 Å². The van der Waals surface area contributed by atoms with E-state index in [4.69, 9.17) is 9.47 Å². The number of aryl methyl sites for hydroxylation is 1. The topological polar surface area (TPSA) is 77.4 Å². The second-order valence-corrected chi connectivity index (χ2v) is 8.29. The molecule has 3 aromatic rings. The van der Waals surface area contributed by atoms with Crippen molar-refractivity contribution >= 4 is 11.7 Å². The number of carbonyl (C=O) groups excluding carboxylic acids is 1. The van der Waals surface area contributed by atoms with Crippen molar-refractivity contribution in [1.29, 1.82) is 0 Å². The zero-order valence-electron chi connectivity index (χ0n) is 19.3. The van der Waals surface area contributed by atoms with E-state index in [0.717, 1.165) is 16.7 Å². The number of hydrogen-bond acceptors (Lipinski definition) is 5. The number of carbonyl (C=O) groups is 1. The van der Waals surface area contributed by atoms with E-state index in [1.54, 1.807) is 14.2 Å². The molecule has 1 aliphatic heterocycles. The lowest BCUT2D eigenvalue weighted by atomic mass is 9.96. The van der Waals surface area contributed by atoms with Crippen LogP contribution in [0.2, 0.25) is 0 Å². The number of fused-ring (bicyclic) bond motifs is 1. The van der Waals surface area contributed by atoms with Crippen molar-refractivity contribution in [3.8, 4) is 11.5 Å². The number of anilines is 1. The van der Waals surface area contributed by atoms with E-state index in [1.807, 2.05) is 49.4 Å². The molecule has 34 heavy (non-hydrogen) atoms. The highest BCUT2D eigenvalue weighted by atomic mass is 19.3. The van der Waals surface area contributed by atoms with Crippen LogP contribution in [-0.4, -0.2) is 42.9 Å². The number of aromatic nitrogens is 2. The third kappa shape index (κ3) is 4.83. The Balaban J connectivity index is 1.48. The van der Waals surface area contributed by atoms with Crippen LogP contribution in [0.3, 0.4) is 0 Å². The molecule has 0 bridgehead atoms. The van der Waals surface area contributed by atoms with Crippen molar-refractivity contribution in [3.05, 3.63) is 70.9 Å². The molecule has 9 heteroatoms. The maximum atomic E-state index is 13.9. The van der Waals surface area contributed by atoms with Gasteiger partial charge >= 0.3 is 0 Å². The number of ether oxygens (including phenoxy) is 2. The molecule has 180 valence electrons. The van der Waals surface area contributed by atoms with Crippen molar-refractivity contribution in [3.63, 3.8) is 0 Å². The Morgan fingerprint density at radius 3 is 2.59 bits per heavy atom. The number of rotatable bonds is 8. The van der Waals surface area contributed by atoms with Crippen LogP contribution < -0.4 is 20.1 Å². The molecule has 0 unspecified atom stereocenters. The Hall–Kier alpha value is -3.62. The molecule has 0 saturated heterocycles. The molecule has 2 aromatic carbocycles. The molecule has 0 spiro atoms. The van der Waals surface area contributed by atoms with E-state index in [0.29, 0.717) is 30.3 Å². The van der Waals surface area contributed by atoms with Crippen molar-refractivity contribution < 1.29 is 23.0 Å². The average molecular weight is 471 g/mol. The van der Waals surface area contributed by atoms with Gasteiger partial charge in [-0.25, -0.2) is 13.5 Å². The fourth-order valence-electron chi connectivity index (χ4n) is 4.17. The first-order valence-electron chi connectivity index (χ1n) is 11.1. The van der Waals surface area contributed by atoms with E-state index < -0.39 is 12.5 Å². The summed E-state index contributed by atoms with van der Waals surface area (Å²) in [5.41, 5.74) is 3.19. The second kappa shape index (κ2) is 10.1. The average Bonchev–Trinajstić information content (AvgIpc) is 3.27. The highest BCUT2D eigenvalue weighted by Crippen LogP contribution is 2.39. The molecule has 0 saturated carbocycles. The Bertz CT molecular complexity index is 1150. The van der Waals surface area contributed by atoms with E-state index in [-0.39, 0.29) is 23.9 Å². The van der Waals surface area contributed by atoms with Gasteiger partial charge in [-0.05, 0) is 43.0 Å². The molecule has 0 fully saturated rings. The first kappa shape index (κ1) is 23.5. The summed E-state index contributed by atoms with van der Waals surface area (Å²) in [6.07, 6.45) is -0.513. The third-order valence-corrected chi connectivity index (χ3v) is 6.06. The van der Waals surface area contributed by atoms with Gasteiger partial charge in [0.1, 0.15) is 17.4 Å². The van der Waals surface area contributed by atoms with Crippen molar-refractivity contribution in [2.24, 2.45) is 0 Å². The van der Waals surface area contributed by atoms with Crippen LogP contribution in [0.25, 0.3) is 0 Å². The molecule has 4 rings (SSSR count). The van der Waals surface area contributed by atoms with Crippen LogP contribution in [-0.2, 0) is 6.42 Å². The van der Waals surface area contributed by atoms with Gasteiger partial charge in [0, 0.05) is 6.54 Å². The minimum absolute atomic E-state index is 0.176. The van der Waals surface area contributed by atoms with Gasteiger partial charge in [0.2, 0.25) is 0 Å². The zero-order chi connectivity index (χ0) is 24.2. The standard InChI is InChI=1S/C25H28F2N4O3/c1-15-4-7-17(8-5-15)19-13-20(23(26)27)31-24(30-19)18(14-29-31)25(32)28-11-10-16-6-9-21(33-2)22(12-16)34-3/h4-9,12,14,19-20,23,30H,10-11,13H2,1-3H3,(H,28,32)/t19-,20+/m1/s1. The number of halogens is 2. The second-order valence-electron chi connectivity index (χ2n) is 8.29. The van der Waals surface area contributed by atoms with Crippen LogP contribution in [0.5, 0.6) is 11.5 Å². The molecule has 0 aliphatic carbocycles. The van der Waals surface area contributed by atoms with Gasteiger partial charge in [-0.2, -0.15) is 5.10 Å². The van der Waals surface area contributed by atoms with E-state index >= 15 is 0 Å². The van der Waals surface area contributed by atoms with Crippen LogP contribution in [0, 0.1) is 6.92 Å². The molecular weight excluding hydrogens is 442 g/mol. The highest BCUT2D eigenvalue weighted by Gasteiger charge is 2.36. The summed E-state index contributed by atoms with van der Waals surface area (Å²) in [6, 6.07) is 11.8. The zero-order valence-corrected chi connectivity index (χ0v) is 19.3. The van der Waals surface area contributed by atoms with Crippen LogP contribution >= 0.6 is 0 Å². The molecule has 2 atom stereocenters. The van der Waals surface area contributed by atoms with Crippen LogP contribution in [0.4, 0.5) is 14.6 Å². The fourth-order valence-corrected chi connectivity index (χ4v) is 4.17. The lowest BCUT2D eigenvalue weighted by molar-refractivity contribution is 0.0656. The van der Waals surface area contributed by atoms with Crippen molar-refractivity contribution in [2.75, 3.05) is 26.1 Å². The van der Waals surface area contributed by atoms with Gasteiger partial charge in [0.05, 0.1) is 26.5 Å². The molecule has 1 aromatic heterocycles. The third-order valence-electron chi connectivity index (χ3n) is 6.06. The molecule has 7 nitrogen and oxygen atoms in total. The number of methoxy groups -OCH3 is 2. The summed E-state index contributed by atoms with van der Waals surface area (Å²) < 4.78 is 39.5. The predicted octanol–water partition coefficient (Wildman–Crippen LogP) is 4.54. The number of amides is 1. The van der Waals surface area contributed by atoms with Gasteiger partial charge in [-0.15, -0.1) is 0 Å². The normalized spacial score (nSPS) is 17.1. The predicted molar refractivity (Wildman–Crippen MR) is 125 cm³/mol. The maximum Gasteiger partial charge on any atom is 0.260 e. The van der Waals surface area contributed by atoms with E-state index in [1.165, 1.54) is 10.9 Å². The first-order chi connectivity index (χ1) is 16.4. The quantitative estimate of drug-likeness (QED) is 0.505. The molecule has 1 amide bonds. The number of alkyl halides is 2. The summed E-state index contributed by atoms with van der Waals surface area (Å²) in [4.78, 5) is 12.9. The SMILES string of the molecule is COc1ccc(CCNC(=O)c2cnn3c2N[C@@H](c2ccc(C)cc2)C[C@H]3C(F)F)cc1OC. The highest BCUT2D eigenvalue weighted by molar-refractivity contribution is 5.98. The van der Waals surface area contributed by atoms with Gasteiger partial charge in [0.25, 0.3) is 12.3 Å². The monoisotopic (exact) mass is 470 g/mol. The number of nitrogens with zero attached hydrogens (tertiary/aromatic N) is 2. The maximum absolute atomic E-state index is 13.9. The molecular formula is C25H28F2N4O3. The van der Waals surface area contributed by atoms with Crippen molar-refractivity contribution in [2.45, 2.75) is 38.3 Å². The van der Waals surface area contributed by atoms with Crippen LogP contribution in [0.15, 0.2) is 48.7 Å². The smallest absolute Gasteiger partial charge is 0.260 e. The minimum Gasteiger partial charge on any atom is -0.493 e. The van der Waals surface area contributed by atoms with Gasteiger partial charge in [0.15, 0.2) is 11.5 Å². The molecule has 2 N–H and O–H groups in total. The van der Waals surface area contributed by atoms with Gasteiger partial charge < -0.3 is 20.1 Å². The Labute approximate surface area is 197 Å². The summed E-state index contributed by atoms with van der Waals surface area (Å²) in [5, 5.41) is 10.2. The van der Waals surface area contributed by atoms with Gasteiger partial charge in [-0.1, -0.05) is 35.9 Å². The Morgan fingerprint density at radius 1 is 1.18 bits per heavy atom. The summed E-state index contributed by atoms with van der Waals surface area (Å²) in [7, 11) is 3.14. The van der Waals surface area contributed by atoms with Crippen molar-refractivity contribution in [1.82, 2.24) is 15.1 Å². The minimum atomic E-state index is -2.60. The lowest BCUT2D eigenvalue weighted by Crippen LogP contribution is -2.33. The summed E-state index contributed by atoms with van der Waals surface area (Å²) >= 11 is 0. The molecule has 0 radical (unpaired) electrons. The van der Waals surface area contributed by atoms with Crippen LogP contribution in [0.1, 0.15) is 45.6 Å². The fraction of sp³-hybridized carbons (Fsp3) is 0.360. The summed E-state index contributed by atoms with van der Waals surface area (Å²) in [6.45, 7) is 2.33. The first-order valence-corrected chi connectivity index (χ1v) is 11.1. The summed E-state index contributed by atoms with van der Waals surface area (Å²) in [5.74, 6) is 1.18. The lowest BCUT2D eigenvalue weighted by Gasteiger charge is -2.32. The van der Waals surface area contributed by atoms with Gasteiger partial charge in [-0.3, -0.25) is 4.79 Å². The number of hydrogen-bond donors (Lipinski definition) is 2. The number of benzene rings is 2. The Morgan fingerprint density at radius 2 is 1.91 bits per heavy atom.